The normalized spacial score (nSPS) is 17.6. The van der Waals surface area contributed by atoms with Gasteiger partial charge in [0.2, 0.25) is 6.79 Å². The summed E-state index contributed by atoms with van der Waals surface area (Å²) in [5.74, 6) is 1.89. The molecule has 0 atom stereocenters. The summed E-state index contributed by atoms with van der Waals surface area (Å²) >= 11 is 0. The minimum Gasteiger partial charge on any atom is -0.454 e. The van der Waals surface area contributed by atoms with Crippen LogP contribution in [0.2, 0.25) is 0 Å². The maximum Gasteiger partial charge on any atom is 0.311 e. The first kappa shape index (κ1) is 7.67. The highest BCUT2D eigenvalue weighted by Crippen LogP contribution is 2.42. The van der Waals surface area contributed by atoms with E-state index in [1.807, 2.05) is 0 Å². The molecule has 0 aromatic heterocycles. The number of esters is 1. The van der Waals surface area contributed by atoms with Crippen molar-refractivity contribution in [2.45, 2.75) is 12.8 Å². The fourth-order valence-electron chi connectivity index (χ4n) is 1.75. The second kappa shape index (κ2) is 2.64. The van der Waals surface area contributed by atoms with Gasteiger partial charge in [0.1, 0.15) is 5.75 Å². The van der Waals surface area contributed by atoms with Crippen molar-refractivity contribution in [1.29, 1.82) is 0 Å². The summed E-state index contributed by atoms with van der Waals surface area (Å²) in [7, 11) is 0. The molecule has 0 radical (unpaired) electrons. The summed E-state index contributed by atoms with van der Waals surface area (Å²) in [4.78, 5) is 11.0. The SMILES string of the molecule is O=C1CCc2c(ccc3c2OCO3)O1. The third-order valence-electron chi connectivity index (χ3n) is 2.40. The van der Waals surface area contributed by atoms with Crippen LogP contribution in [0, 0.1) is 0 Å². The van der Waals surface area contributed by atoms with Crippen LogP contribution in [-0.4, -0.2) is 12.8 Å². The monoisotopic (exact) mass is 192 g/mol. The van der Waals surface area contributed by atoms with Crippen molar-refractivity contribution in [3.05, 3.63) is 17.7 Å². The molecule has 0 N–H and O–H groups in total. The fourth-order valence-corrected chi connectivity index (χ4v) is 1.75. The van der Waals surface area contributed by atoms with E-state index >= 15 is 0 Å². The van der Waals surface area contributed by atoms with Crippen LogP contribution in [0.5, 0.6) is 17.2 Å². The topological polar surface area (TPSA) is 44.8 Å². The quantitative estimate of drug-likeness (QED) is 0.458. The van der Waals surface area contributed by atoms with Gasteiger partial charge in [-0.25, -0.2) is 0 Å². The van der Waals surface area contributed by atoms with Crippen molar-refractivity contribution in [3.8, 4) is 17.2 Å². The Bertz CT molecular complexity index is 411. The Morgan fingerprint density at radius 1 is 1.07 bits per heavy atom. The van der Waals surface area contributed by atoms with E-state index in [9.17, 15) is 4.79 Å². The van der Waals surface area contributed by atoms with E-state index in [0.717, 1.165) is 17.1 Å². The number of ether oxygens (including phenoxy) is 3. The lowest BCUT2D eigenvalue weighted by Crippen LogP contribution is -2.15. The summed E-state index contributed by atoms with van der Waals surface area (Å²) in [6.45, 7) is 0.250. The van der Waals surface area contributed by atoms with Crippen molar-refractivity contribution < 1.29 is 19.0 Å². The van der Waals surface area contributed by atoms with Gasteiger partial charge in [-0.2, -0.15) is 0 Å². The zero-order chi connectivity index (χ0) is 9.54. The third-order valence-corrected chi connectivity index (χ3v) is 2.40. The largest absolute Gasteiger partial charge is 0.454 e. The Morgan fingerprint density at radius 3 is 2.86 bits per heavy atom. The molecule has 0 bridgehead atoms. The lowest BCUT2D eigenvalue weighted by Gasteiger charge is -2.16. The van der Waals surface area contributed by atoms with E-state index in [1.165, 1.54) is 0 Å². The molecule has 2 aliphatic heterocycles. The van der Waals surface area contributed by atoms with Crippen molar-refractivity contribution in [1.82, 2.24) is 0 Å². The fraction of sp³-hybridized carbons (Fsp3) is 0.300. The molecule has 14 heavy (non-hydrogen) atoms. The summed E-state index contributed by atoms with van der Waals surface area (Å²) in [5.41, 5.74) is 0.944. The Labute approximate surface area is 80.4 Å². The smallest absolute Gasteiger partial charge is 0.311 e. The molecule has 0 saturated heterocycles. The van der Waals surface area contributed by atoms with Crippen LogP contribution in [-0.2, 0) is 11.2 Å². The number of benzene rings is 1. The molecule has 0 amide bonds. The van der Waals surface area contributed by atoms with Gasteiger partial charge in [-0.15, -0.1) is 0 Å². The average Bonchev–Trinajstić information content (AvgIpc) is 2.65. The highest BCUT2D eigenvalue weighted by Gasteiger charge is 2.26. The van der Waals surface area contributed by atoms with E-state index in [4.69, 9.17) is 14.2 Å². The maximum atomic E-state index is 11.0. The van der Waals surface area contributed by atoms with E-state index in [1.54, 1.807) is 12.1 Å². The van der Waals surface area contributed by atoms with Crippen molar-refractivity contribution in [3.63, 3.8) is 0 Å². The Balaban J connectivity index is 2.14. The molecule has 2 aliphatic rings. The van der Waals surface area contributed by atoms with E-state index < -0.39 is 0 Å². The molecule has 0 fully saturated rings. The number of rotatable bonds is 0. The van der Waals surface area contributed by atoms with Gasteiger partial charge in [0.05, 0.1) is 6.42 Å². The van der Waals surface area contributed by atoms with E-state index in [0.29, 0.717) is 18.6 Å². The van der Waals surface area contributed by atoms with E-state index in [2.05, 4.69) is 0 Å². The first-order valence-electron chi connectivity index (χ1n) is 4.47. The number of fused-ring (bicyclic) bond motifs is 3. The predicted octanol–water partition coefficient (Wildman–Crippen LogP) is 1.27. The zero-order valence-corrected chi connectivity index (χ0v) is 7.41. The lowest BCUT2D eigenvalue weighted by molar-refractivity contribution is -0.135. The minimum atomic E-state index is -0.184. The summed E-state index contributed by atoms with van der Waals surface area (Å²) < 4.78 is 15.6. The molecule has 0 unspecified atom stereocenters. The van der Waals surface area contributed by atoms with Gasteiger partial charge in [0, 0.05) is 5.56 Å². The first-order valence-corrected chi connectivity index (χ1v) is 4.47. The molecule has 1 aromatic carbocycles. The minimum absolute atomic E-state index is 0.184. The molecule has 72 valence electrons. The van der Waals surface area contributed by atoms with Gasteiger partial charge in [-0.05, 0) is 18.6 Å². The molecule has 2 heterocycles. The summed E-state index contributed by atoms with van der Waals surface area (Å²) in [6.07, 6.45) is 1.08. The first-order chi connectivity index (χ1) is 6.84. The van der Waals surface area contributed by atoms with Crippen LogP contribution in [0.1, 0.15) is 12.0 Å². The Kier molecular flexibility index (Phi) is 1.45. The van der Waals surface area contributed by atoms with Crippen LogP contribution in [0.3, 0.4) is 0 Å². The molecule has 4 heteroatoms. The summed E-state index contributed by atoms with van der Waals surface area (Å²) in [5, 5.41) is 0. The molecular weight excluding hydrogens is 184 g/mol. The molecule has 0 aliphatic carbocycles. The molecule has 4 nitrogen and oxygen atoms in total. The van der Waals surface area contributed by atoms with Crippen LogP contribution >= 0.6 is 0 Å². The van der Waals surface area contributed by atoms with Crippen LogP contribution < -0.4 is 14.2 Å². The molecule has 3 rings (SSSR count). The van der Waals surface area contributed by atoms with Gasteiger partial charge in [-0.1, -0.05) is 0 Å². The molecule has 0 saturated carbocycles. The highest BCUT2D eigenvalue weighted by atomic mass is 16.7. The highest BCUT2D eigenvalue weighted by molar-refractivity contribution is 5.76. The van der Waals surface area contributed by atoms with Gasteiger partial charge in [0.15, 0.2) is 11.5 Å². The average molecular weight is 192 g/mol. The van der Waals surface area contributed by atoms with Crippen molar-refractivity contribution >= 4 is 5.97 Å². The number of hydrogen-bond acceptors (Lipinski definition) is 4. The van der Waals surface area contributed by atoms with Crippen molar-refractivity contribution in [2.24, 2.45) is 0 Å². The zero-order valence-electron chi connectivity index (χ0n) is 7.41. The van der Waals surface area contributed by atoms with Crippen molar-refractivity contribution in [2.75, 3.05) is 6.79 Å². The second-order valence-electron chi connectivity index (χ2n) is 3.25. The lowest BCUT2D eigenvalue weighted by atomic mass is 10.0. The predicted molar refractivity (Wildman–Crippen MR) is 46.5 cm³/mol. The van der Waals surface area contributed by atoms with Crippen LogP contribution in [0.4, 0.5) is 0 Å². The Morgan fingerprint density at radius 2 is 1.93 bits per heavy atom. The maximum absolute atomic E-state index is 11.0. The van der Waals surface area contributed by atoms with Gasteiger partial charge >= 0.3 is 5.97 Å². The number of carbonyl (C=O) groups excluding carboxylic acids is 1. The molecule has 0 spiro atoms. The Hall–Kier alpha value is -1.71. The number of carbonyl (C=O) groups is 1. The van der Waals surface area contributed by atoms with Gasteiger partial charge in [-0.3, -0.25) is 4.79 Å². The second-order valence-corrected chi connectivity index (χ2v) is 3.25. The standard InChI is InChI=1S/C10H8O4/c11-9-4-1-6-7(14-9)2-3-8-10(6)13-5-12-8/h2-3H,1,4-5H2. The number of hydrogen-bond donors (Lipinski definition) is 0. The van der Waals surface area contributed by atoms with Crippen LogP contribution in [0.25, 0.3) is 0 Å². The van der Waals surface area contributed by atoms with E-state index in [-0.39, 0.29) is 12.8 Å². The summed E-state index contributed by atoms with van der Waals surface area (Å²) in [6, 6.07) is 3.51. The van der Waals surface area contributed by atoms with Gasteiger partial charge in [0.25, 0.3) is 0 Å². The molecule has 1 aromatic rings. The third kappa shape index (κ3) is 0.968. The van der Waals surface area contributed by atoms with Crippen LogP contribution in [0.15, 0.2) is 12.1 Å². The molecular formula is C10H8O4. The van der Waals surface area contributed by atoms with Gasteiger partial charge < -0.3 is 14.2 Å².